The first-order valence-corrected chi connectivity index (χ1v) is 6.68. The largest absolute Gasteiger partial charge is 0.503 e. The number of hydrogen-bond donors (Lipinski definition) is 2. The maximum Gasteiger partial charge on any atom is 0.328 e. The van der Waals surface area contributed by atoms with Gasteiger partial charge in [0.2, 0.25) is 0 Å². The van der Waals surface area contributed by atoms with E-state index < -0.39 is 6.03 Å². The van der Waals surface area contributed by atoms with E-state index in [0.717, 1.165) is 4.90 Å². The second-order valence-corrected chi connectivity index (χ2v) is 4.95. The molecule has 1 aromatic carbocycles. The van der Waals surface area contributed by atoms with Crippen molar-refractivity contribution >= 4 is 33.9 Å². The van der Waals surface area contributed by atoms with Crippen LogP contribution in [0.3, 0.4) is 0 Å². The molecule has 106 valence electrons. The molecule has 0 saturated carbocycles. The topological polar surface area (TPSA) is 78.9 Å². The van der Waals surface area contributed by atoms with Crippen LogP contribution in [-0.2, 0) is 4.79 Å². The first kappa shape index (κ1) is 14.4. The monoisotopic (exact) mass is 340 g/mol. The maximum atomic E-state index is 11.9. The van der Waals surface area contributed by atoms with E-state index in [-0.39, 0.29) is 23.1 Å². The van der Waals surface area contributed by atoms with E-state index in [9.17, 15) is 14.7 Å². The lowest BCUT2D eigenvalue weighted by Crippen LogP contribution is -2.30. The van der Waals surface area contributed by atoms with Gasteiger partial charge in [0, 0.05) is 6.54 Å². The number of nitrogens with zero attached hydrogens (tertiary/aromatic N) is 1. The molecule has 0 radical (unpaired) electrons. The Balaban J connectivity index is 2.39. The number of rotatable bonds is 3. The molecule has 2 N–H and O–H groups in total. The number of hydrogen-bond acceptors (Lipinski definition) is 4. The number of phenolic OH excluding ortho intramolecular Hbond substituents is 1. The molecular weight excluding hydrogens is 328 g/mol. The molecule has 1 aromatic rings. The number of carbonyl (C=O) groups excluding carboxylic acids is 2. The summed E-state index contributed by atoms with van der Waals surface area (Å²) in [5.74, 6) is -0.123. The van der Waals surface area contributed by atoms with Crippen LogP contribution in [0.5, 0.6) is 11.5 Å². The zero-order chi connectivity index (χ0) is 14.9. The van der Waals surface area contributed by atoms with Crippen molar-refractivity contribution in [1.82, 2.24) is 10.2 Å². The van der Waals surface area contributed by atoms with Gasteiger partial charge in [-0.2, -0.15) is 0 Å². The van der Waals surface area contributed by atoms with Crippen molar-refractivity contribution in [3.63, 3.8) is 0 Å². The third kappa shape index (κ3) is 2.49. The van der Waals surface area contributed by atoms with Crippen LogP contribution in [0.25, 0.3) is 6.08 Å². The summed E-state index contributed by atoms with van der Waals surface area (Å²) in [7, 11) is 1.43. The average molecular weight is 341 g/mol. The first-order valence-electron chi connectivity index (χ1n) is 5.89. The van der Waals surface area contributed by atoms with Gasteiger partial charge in [0.1, 0.15) is 5.70 Å². The van der Waals surface area contributed by atoms with Crippen LogP contribution in [0, 0.1) is 0 Å². The summed E-state index contributed by atoms with van der Waals surface area (Å²) in [6.07, 6.45) is 1.53. The van der Waals surface area contributed by atoms with Crippen molar-refractivity contribution in [3.05, 3.63) is 27.9 Å². The molecule has 0 atom stereocenters. The third-order valence-electron chi connectivity index (χ3n) is 2.86. The Morgan fingerprint density at radius 2 is 2.15 bits per heavy atom. The standard InChI is InChI=1S/C13H13BrN2O4/c1-3-16-12(18)9(15-13(16)19)5-7-4-8(14)11(17)10(6-7)20-2/h4-6,17H,3H2,1-2H3,(H,15,19)/b9-5+. The van der Waals surface area contributed by atoms with Crippen LogP contribution in [0.2, 0.25) is 0 Å². The Hall–Kier alpha value is -2.02. The summed E-state index contributed by atoms with van der Waals surface area (Å²) >= 11 is 3.20. The summed E-state index contributed by atoms with van der Waals surface area (Å²) in [5.41, 5.74) is 0.810. The summed E-state index contributed by atoms with van der Waals surface area (Å²) in [5, 5.41) is 12.2. The second kappa shape index (κ2) is 5.54. The number of carbonyl (C=O) groups is 2. The van der Waals surface area contributed by atoms with E-state index in [2.05, 4.69) is 21.2 Å². The Kier molecular flexibility index (Phi) is 3.99. The Morgan fingerprint density at radius 3 is 2.70 bits per heavy atom. The van der Waals surface area contributed by atoms with Gasteiger partial charge < -0.3 is 15.2 Å². The van der Waals surface area contributed by atoms with Crippen molar-refractivity contribution in [1.29, 1.82) is 0 Å². The molecule has 1 aliphatic heterocycles. The van der Waals surface area contributed by atoms with E-state index in [1.54, 1.807) is 19.1 Å². The fourth-order valence-corrected chi connectivity index (χ4v) is 2.32. The van der Waals surface area contributed by atoms with Gasteiger partial charge in [0.05, 0.1) is 11.6 Å². The highest BCUT2D eigenvalue weighted by atomic mass is 79.9. The number of benzene rings is 1. The average Bonchev–Trinajstić information content (AvgIpc) is 2.68. The third-order valence-corrected chi connectivity index (χ3v) is 3.46. The van der Waals surface area contributed by atoms with Gasteiger partial charge in [0.15, 0.2) is 11.5 Å². The predicted molar refractivity (Wildman–Crippen MR) is 76.3 cm³/mol. The fourth-order valence-electron chi connectivity index (χ4n) is 1.86. The minimum atomic E-state index is -0.437. The lowest BCUT2D eigenvalue weighted by molar-refractivity contribution is -0.122. The van der Waals surface area contributed by atoms with E-state index in [0.29, 0.717) is 16.6 Å². The quantitative estimate of drug-likeness (QED) is 0.652. The van der Waals surface area contributed by atoms with Crippen LogP contribution in [0.1, 0.15) is 12.5 Å². The first-order chi connectivity index (χ1) is 9.47. The van der Waals surface area contributed by atoms with Crippen molar-refractivity contribution in [3.8, 4) is 11.5 Å². The van der Waals surface area contributed by atoms with Gasteiger partial charge in [-0.3, -0.25) is 9.69 Å². The Labute approximate surface area is 124 Å². The number of urea groups is 1. The smallest absolute Gasteiger partial charge is 0.328 e. The molecule has 6 nitrogen and oxygen atoms in total. The summed E-state index contributed by atoms with van der Waals surface area (Å²) < 4.78 is 5.47. The summed E-state index contributed by atoms with van der Waals surface area (Å²) in [4.78, 5) is 24.6. The van der Waals surface area contributed by atoms with Gasteiger partial charge in [0.25, 0.3) is 5.91 Å². The molecule has 7 heteroatoms. The molecule has 0 aliphatic carbocycles. The minimum absolute atomic E-state index is 0.0216. The number of ether oxygens (including phenoxy) is 1. The number of methoxy groups -OCH3 is 1. The number of nitrogens with one attached hydrogen (secondary N) is 1. The van der Waals surface area contributed by atoms with E-state index in [4.69, 9.17) is 4.74 Å². The molecule has 1 aliphatic rings. The Morgan fingerprint density at radius 1 is 1.45 bits per heavy atom. The second-order valence-electron chi connectivity index (χ2n) is 4.09. The highest BCUT2D eigenvalue weighted by molar-refractivity contribution is 9.10. The highest BCUT2D eigenvalue weighted by Crippen LogP contribution is 2.35. The van der Waals surface area contributed by atoms with Crippen molar-refractivity contribution < 1.29 is 19.4 Å². The van der Waals surface area contributed by atoms with Crippen LogP contribution in [-0.4, -0.2) is 35.6 Å². The zero-order valence-corrected chi connectivity index (χ0v) is 12.5. The molecule has 2 rings (SSSR count). The van der Waals surface area contributed by atoms with Crippen molar-refractivity contribution in [2.75, 3.05) is 13.7 Å². The SMILES string of the molecule is CCN1C(=O)N/C(=C/c2cc(Br)c(O)c(OC)c2)C1=O. The molecule has 0 spiro atoms. The number of likely N-dealkylation sites (N-methyl/N-ethyl adjacent to an activating group) is 1. The van der Waals surface area contributed by atoms with Crippen LogP contribution < -0.4 is 10.1 Å². The van der Waals surface area contributed by atoms with E-state index >= 15 is 0 Å². The maximum absolute atomic E-state index is 11.9. The van der Waals surface area contributed by atoms with Crippen molar-refractivity contribution in [2.24, 2.45) is 0 Å². The Bertz CT molecular complexity index is 613. The molecule has 1 saturated heterocycles. The van der Waals surface area contributed by atoms with Crippen LogP contribution in [0.15, 0.2) is 22.3 Å². The van der Waals surface area contributed by atoms with Gasteiger partial charge in [-0.25, -0.2) is 4.79 Å². The van der Waals surface area contributed by atoms with E-state index in [1.807, 2.05) is 0 Å². The lowest BCUT2D eigenvalue weighted by Gasteiger charge is -2.07. The molecular formula is C13H13BrN2O4. The summed E-state index contributed by atoms with van der Waals surface area (Å²) in [6.45, 7) is 2.03. The zero-order valence-electron chi connectivity index (χ0n) is 10.9. The van der Waals surface area contributed by atoms with Crippen molar-refractivity contribution in [2.45, 2.75) is 6.92 Å². The molecule has 0 unspecified atom stereocenters. The number of halogens is 1. The highest BCUT2D eigenvalue weighted by Gasteiger charge is 2.32. The molecule has 0 aromatic heterocycles. The minimum Gasteiger partial charge on any atom is -0.503 e. The lowest BCUT2D eigenvalue weighted by atomic mass is 10.1. The number of aromatic hydroxyl groups is 1. The molecule has 1 heterocycles. The molecule has 1 fully saturated rings. The number of phenols is 1. The van der Waals surface area contributed by atoms with Gasteiger partial charge in [-0.05, 0) is 46.6 Å². The van der Waals surface area contributed by atoms with E-state index in [1.165, 1.54) is 13.2 Å². The predicted octanol–water partition coefficient (Wildman–Crippen LogP) is 2.08. The normalized spacial score (nSPS) is 16.8. The molecule has 0 bridgehead atoms. The molecule has 20 heavy (non-hydrogen) atoms. The van der Waals surface area contributed by atoms with Crippen LogP contribution in [0.4, 0.5) is 4.79 Å². The number of imide groups is 1. The fraction of sp³-hybridized carbons (Fsp3) is 0.231. The number of amides is 3. The van der Waals surface area contributed by atoms with Gasteiger partial charge in [-0.1, -0.05) is 0 Å². The van der Waals surface area contributed by atoms with Gasteiger partial charge in [-0.15, -0.1) is 0 Å². The summed E-state index contributed by atoms with van der Waals surface area (Å²) in [6, 6.07) is 2.76. The van der Waals surface area contributed by atoms with Crippen LogP contribution >= 0.6 is 15.9 Å². The molecule has 3 amide bonds. The van der Waals surface area contributed by atoms with Gasteiger partial charge >= 0.3 is 6.03 Å².